The van der Waals surface area contributed by atoms with Gasteiger partial charge in [-0.15, -0.1) is 0 Å². The van der Waals surface area contributed by atoms with E-state index in [9.17, 15) is 9.59 Å². The normalized spacial score (nSPS) is 10.4. The number of rotatable bonds is 7. The van der Waals surface area contributed by atoms with Crippen molar-refractivity contribution in [3.05, 3.63) is 60.2 Å². The monoisotopic (exact) mass is 326 g/mol. The van der Waals surface area contributed by atoms with Crippen molar-refractivity contribution in [2.75, 3.05) is 19.0 Å². The average molecular weight is 326 g/mol. The molecule has 2 aromatic carbocycles. The van der Waals surface area contributed by atoms with Crippen LogP contribution in [0.25, 0.3) is 6.08 Å². The highest BCUT2D eigenvalue weighted by Gasteiger charge is 2.00. The lowest BCUT2D eigenvalue weighted by molar-refractivity contribution is -0.120. The average Bonchev–Trinajstić information content (AvgIpc) is 2.59. The van der Waals surface area contributed by atoms with E-state index in [2.05, 4.69) is 5.32 Å². The second-order valence-electron chi connectivity index (χ2n) is 4.88. The van der Waals surface area contributed by atoms with Gasteiger partial charge in [-0.25, -0.2) is 0 Å². The first-order chi connectivity index (χ1) is 11.6. The zero-order valence-electron chi connectivity index (χ0n) is 13.2. The summed E-state index contributed by atoms with van der Waals surface area (Å²) in [4.78, 5) is 22.6. The number of nitrogens with one attached hydrogen (secondary N) is 1. The minimum absolute atomic E-state index is 0.169. The van der Waals surface area contributed by atoms with Crippen molar-refractivity contribution < 1.29 is 19.1 Å². The minimum Gasteiger partial charge on any atom is -0.497 e. The third-order valence-corrected chi connectivity index (χ3v) is 3.03. The topological polar surface area (TPSA) is 90.7 Å². The molecule has 0 aliphatic carbocycles. The molecule has 2 aromatic rings. The Kier molecular flexibility index (Phi) is 5.96. The molecule has 2 amide bonds. The number of methoxy groups -OCH3 is 1. The van der Waals surface area contributed by atoms with Gasteiger partial charge in [0.05, 0.1) is 7.11 Å². The van der Waals surface area contributed by atoms with Gasteiger partial charge in [0.15, 0.2) is 6.61 Å². The summed E-state index contributed by atoms with van der Waals surface area (Å²) in [6.07, 6.45) is 3.10. The predicted molar refractivity (Wildman–Crippen MR) is 91.8 cm³/mol. The van der Waals surface area contributed by atoms with Gasteiger partial charge in [0.2, 0.25) is 5.91 Å². The van der Waals surface area contributed by atoms with Crippen LogP contribution in [0, 0.1) is 0 Å². The van der Waals surface area contributed by atoms with Gasteiger partial charge in [0, 0.05) is 17.8 Å². The summed E-state index contributed by atoms with van der Waals surface area (Å²) in [5.74, 6) is 0.417. The highest BCUT2D eigenvalue weighted by molar-refractivity contribution is 6.02. The fourth-order valence-corrected chi connectivity index (χ4v) is 1.89. The first-order valence-corrected chi connectivity index (χ1v) is 7.21. The van der Waals surface area contributed by atoms with E-state index in [1.807, 2.05) is 0 Å². The number of hydrogen-bond acceptors (Lipinski definition) is 4. The molecule has 6 heteroatoms. The summed E-state index contributed by atoms with van der Waals surface area (Å²) in [5.41, 5.74) is 6.48. The molecule has 0 bridgehead atoms. The molecule has 24 heavy (non-hydrogen) atoms. The molecule has 0 atom stereocenters. The maximum atomic E-state index is 11.9. The maximum Gasteiger partial charge on any atom is 0.255 e. The Labute approximate surface area is 139 Å². The lowest BCUT2D eigenvalue weighted by atomic mass is 10.2. The Hall–Kier alpha value is -3.28. The fourth-order valence-electron chi connectivity index (χ4n) is 1.89. The molecule has 124 valence electrons. The van der Waals surface area contributed by atoms with E-state index in [4.69, 9.17) is 15.2 Å². The van der Waals surface area contributed by atoms with Gasteiger partial charge in [-0.3, -0.25) is 9.59 Å². The van der Waals surface area contributed by atoms with Crippen LogP contribution in [0.3, 0.4) is 0 Å². The standard InChI is InChI=1S/C18H18N2O4/c1-23-16-4-2-3-14(11-16)20-18(22)10-7-13-5-8-15(9-6-13)24-12-17(19)21/h2-11H,12H2,1H3,(H2,19,21)(H,20,22)/b10-7+. The maximum absolute atomic E-state index is 11.9. The number of ether oxygens (including phenoxy) is 2. The number of hydrogen-bond donors (Lipinski definition) is 2. The van der Waals surface area contributed by atoms with Gasteiger partial charge in [-0.2, -0.15) is 0 Å². The molecule has 0 saturated heterocycles. The zero-order valence-corrected chi connectivity index (χ0v) is 13.2. The Morgan fingerprint density at radius 2 is 1.88 bits per heavy atom. The minimum atomic E-state index is -0.534. The molecule has 0 fully saturated rings. The van der Waals surface area contributed by atoms with E-state index < -0.39 is 5.91 Å². The van der Waals surface area contributed by atoms with Crippen LogP contribution in [0.5, 0.6) is 11.5 Å². The molecule has 0 unspecified atom stereocenters. The molecule has 2 rings (SSSR count). The summed E-state index contributed by atoms with van der Waals surface area (Å²) in [6.45, 7) is -0.169. The first-order valence-electron chi connectivity index (χ1n) is 7.21. The van der Waals surface area contributed by atoms with Crippen LogP contribution in [0.15, 0.2) is 54.6 Å². The third kappa shape index (κ3) is 5.49. The number of benzene rings is 2. The molecule has 0 aliphatic heterocycles. The van der Waals surface area contributed by atoms with Crippen molar-refractivity contribution in [3.8, 4) is 11.5 Å². The second-order valence-corrected chi connectivity index (χ2v) is 4.88. The Morgan fingerprint density at radius 1 is 1.12 bits per heavy atom. The van der Waals surface area contributed by atoms with E-state index in [1.165, 1.54) is 6.08 Å². The molecule has 0 heterocycles. The molecule has 0 radical (unpaired) electrons. The van der Waals surface area contributed by atoms with Gasteiger partial charge in [-0.1, -0.05) is 18.2 Å². The second kappa shape index (κ2) is 8.38. The van der Waals surface area contributed by atoms with Crippen LogP contribution in [-0.4, -0.2) is 25.5 Å². The van der Waals surface area contributed by atoms with E-state index >= 15 is 0 Å². The number of primary amides is 1. The Balaban J connectivity index is 1.92. The fraction of sp³-hybridized carbons (Fsp3) is 0.111. The van der Waals surface area contributed by atoms with Gasteiger partial charge in [0.25, 0.3) is 5.91 Å². The largest absolute Gasteiger partial charge is 0.497 e. The van der Waals surface area contributed by atoms with Crippen LogP contribution in [0.4, 0.5) is 5.69 Å². The molecule has 0 saturated carbocycles. The number of carbonyl (C=O) groups is 2. The number of nitrogens with two attached hydrogens (primary N) is 1. The van der Waals surface area contributed by atoms with Gasteiger partial charge >= 0.3 is 0 Å². The highest BCUT2D eigenvalue weighted by Crippen LogP contribution is 2.17. The Bertz CT molecular complexity index is 739. The van der Waals surface area contributed by atoms with Crippen LogP contribution in [0.2, 0.25) is 0 Å². The zero-order chi connectivity index (χ0) is 17.4. The number of anilines is 1. The lowest BCUT2D eigenvalue weighted by Gasteiger charge is -2.05. The molecule has 0 spiro atoms. The van der Waals surface area contributed by atoms with Crippen molar-refractivity contribution in [1.82, 2.24) is 0 Å². The van der Waals surface area contributed by atoms with Crippen LogP contribution < -0.4 is 20.5 Å². The van der Waals surface area contributed by atoms with Crippen LogP contribution >= 0.6 is 0 Å². The summed E-state index contributed by atoms with van der Waals surface area (Å²) in [6, 6.07) is 14.0. The third-order valence-electron chi connectivity index (χ3n) is 3.03. The van der Waals surface area contributed by atoms with Gasteiger partial charge < -0.3 is 20.5 Å². The first kappa shape index (κ1) is 17.1. The lowest BCUT2D eigenvalue weighted by Crippen LogP contribution is -2.19. The molecule has 0 aliphatic rings. The predicted octanol–water partition coefficient (Wildman–Crippen LogP) is 2.21. The number of carbonyl (C=O) groups excluding carboxylic acids is 2. The molecular formula is C18H18N2O4. The Morgan fingerprint density at radius 3 is 2.54 bits per heavy atom. The molecular weight excluding hydrogens is 308 g/mol. The number of amides is 2. The van der Waals surface area contributed by atoms with Crippen LogP contribution in [-0.2, 0) is 9.59 Å². The van der Waals surface area contributed by atoms with Crippen molar-refractivity contribution in [1.29, 1.82) is 0 Å². The smallest absolute Gasteiger partial charge is 0.255 e. The van der Waals surface area contributed by atoms with Gasteiger partial charge in [-0.05, 0) is 35.9 Å². The summed E-state index contributed by atoms with van der Waals surface area (Å²) in [7, 11) is 1.57. The van der Waals surface area contributed by atoms with Crippen LogP contribution in [0.1, 0.15) is 5.56 Å². The van der Waals surface area contributed by atoms with Crippen molar-refractivity contribution in [3.63, 3.8) is 0 Å². The molecule has 6 nitrogen and oxygen atoms in total. The summed E-state index contributed by atoms with van der Waals surface area (Å²) >= 11 is 0. The van der Waals surface area contributed by atoms with E-state index in [0.717, 1.165) is 5.56 Å². The van der Waals surface area contributed by atoms with E-state index in [0.29, 0.717) is 17.2 Å². The van der Waals surface area contributed by atoms with Gasteiger partial charge in [0.1, 0.15) is 11.5 Å². The summed E-state index contributed by atoms with van der Waals surface area (Å²) < 4.78 is 10.3. The SMILES string of the molecule is COc1cccc(NC(=O)/C=C/c2ccc(OCC(N)=O)cc2)c1. The van der Waals surface area contributed by atoms with E-state index in [1.54, 1.807) is 61.7 Å². The quantitative estimate of drug-likeness (QED) is 0.763. The van der Waals surface area contributed by atoms with Crippen molar-refractivity contribution in [2.24, 2.45) is 5.73 Å². The van der Waals surface area contributed by atoms with Crippen molar-refractivity contribution >= 4 is 23.6 Å². The molecule has 0 aromatic heterocycles. The van der Waals surface area contributed by atoms with E-state index in [-0.39, 0.29) is 12.5 Å². The highest BCUT2D eigenvalue weighted by atomic mass is 16.5. The summed E-state index contributed by atoms with van der Waals surface area (Å²) in [5, 5.41) is 2.75. The molecule has 3 N–H and O–H groups in total. The van der Waals surface area contributed by atoms with Crippen molar-refractivity contribution in [2.45, 2.75) is 0 Å².